The Kier molecular flexibility index (Phi) is 4.60. The number of hydrogen-bond acceptors (Lipinski definition) is 3. The van der Waals surface area contributed by atoms with Crippen molar-refractivity contribution in [3.63, 3.8) is 0 Å². The molecule has 1 aromatic carbocycles. The Morgan fingerprint density at radius 3 is 2.75 bits per heavy atom. The van der Waals surface area contributed by atoms with E-state index in [-0.39, 0.29) is 11.3 Å². The number of halogens is 1. The zero-order chi connectivity index (χ0) is 14.9. The van der Waals surface area contributed by atoms with Gasteiger partial charge in [0.25, 0.3) is 5.91 Å². The second kappa shape index (κ2) is 6.06. The van der Waals surface area contributed by atoms with Crippen molar-refractivity contribution in [2.75, 3.05) is 5.75 Å². The van der Waals surface area contributed by atoms with Crippen LogP contribution in [0.15, 0.2) is 18.2 Å². The van der Waals surface area contributed by atoms with Crippen molar-refractivity contribution in [3.05, 3.63) is 34.3 Å². The molecule has 1 fully saturated rings. The maximum Gasteiger partial charge on any atom is 0.327 e. The topological polar surface area (TPSA) is 57.6 Å². The third kappa shape index (κ3) is 2.79. The highest BCUT2D eigenvalue weighted by Gasteiger charge is 2.41. The maximum absolute atomic E-state index is 12.6. The molecule has 6 heteroatoms. The zero-order valence-electron chi connectivity index (χ0n) is 11.3. The average molecular weight is 314 g/mol. The quantitative estimate of drug-likeness (QED) is 0.932. The standard InChI is InChI=1S/C14H16ClNO3S/c1-3-12-16(11(7-20-12)14(18)19)13(17)9-5-4-8(2)6-10(9)15/h4-6,11-12H,3,7H2,1-2H3,(H,18,19). The summed E-state index contributed by atoms with van der Waals surface area (Å²) in [6.07, 6.45) is 0.712. The summed E-state index contributed by atoms with van der Waals surface area (Å²) >= 11 is 7.62. The summed E-state index contributed by atoms with van der Waals surface area (Å²) in [5.74, 6) is -0.854. The molecule has 20 heavy (non-hydrogen) atoms. The van der Waals surface area contributed by atoms with Crippen LogP contribution in [0.25, 0.3) is 0 Å². The number of benzene rings is 1. The van der Waals surface area contributed by atoms with Crippen molar-refractivity contribution in [1.29, 1.82) is 0 Å². The lowest BCUT2D eigenvalue weighted by atomic mass is 10.1. The fourth-order valence-corrected chi connectivity index (χ4v) is 3.94. The Balaban J connectivity index is 2.36. The number of rotatable bonds is 3. The monoisotopic (exact) mass is 313 g/mol. The number of carbonyl (C=O) groups excluding carboxylic acids is 1. The number of carboxylic acid groups (broad SMARTS) is 1. The summed E-state index contributed by atoms with van der Waals surface area (Å²) in [5, 5.41) is 9.52. The van der Waals surface area contributed by atoms with Gasteiger partial charge in [0.1, 0.15) is 6.04 Å². The van der Waals surface area contributed by atoms with Gasteiger partial charge in [-0.15, -0.1) is 11.8 Å². The van der Waals surface area contributed by atoms with E-state index in [1.165, 1.54) is 16.7 Å². The number of nitrogens with zero attached hydrogens (tertiary/aromatic N) is 1. The van der Waals surface area contributed by atoms with Gasteiger partial charge in [-0.3, -0.25) is 4.79 Å². The van der Waals surface area contributed by atoms with E-state index in [9.17, 15) is 14.7 Å². The minimum atomic E-state index is -0.968. The summed E-state index contributed by atoms with van der Waals surface area (Å²) < 4.78 is 0. The van der Waals surface area contributed by atoms with Gasteiger partial charge in [0, 0.05) is 5.75 Å². The van der Waals surface area contributed by atoms with Crippen molar-refractivity contribution in [1.82, 2.24) is 4.90 Å². The lowest BCUT2D eigenvalue weighted by Gasteiger charge is -2.27. The van der Waals surface area contributed by atoms with Crippen molar-refractivity contribution in [2.24, 2.45) is 0 Å². The second-order valence-corrected chi connectivity index (χ2v) is 6.36. The SMILES string of the molecule is CCC1SCC(C(=O)O)N1C(=O)c1ccc(C)cc1Cl. The highest BCUT2D eigenvalue weighted by Crippen LogP contribution is 2.33. The van der Waals surface area contributed by atoms with Gasteiger partial charge in [-0.2, -0.15) is 0 Å². The first kappa shape index (κ1) is 15.2. The Bertz CT molecular complexity index is 549. The molecule has 0 saturated carbocycles. The number of carboxylic acids is 1. The van der Waals surface area contributed by atoms with E-state index in [1.54, 1.807) is 18.2 Å². The minimum absolute atomic E-state index is 0.110. The second-order valence-electron chi connectivity index (χ2n) is 4.75. The third-order valence-corrected chi connectivity index (χ3v) is 5.08. The highest BCUT2D eigenvalue weighted by atomic mass is 35.5. The predicted octanol–water partition coefficient (Wildman–Crippen LogP) is 3.03. The molecule has 1 N–H and O–H groups in total. The Morgan fingerprint density at radius 1 is 1.50 bits per heavy atom. The minimum Gasteiger partial charge on any atom is -0.480 e. The van der Waals surface area contributed by atoms with Gasteiger partial charge in [-0.25, -0.2) is 4.79 Å². The fourth-order valence-electron chi connectivity index (χ4n) is 2.27. The van der Waals surface area contributed by atoms with E-state index in [1.807, 2.05) is 13.8 Å². The van der Waals surface area contributed by atoms with Crippen LogP contribution >= 0.6 is 23.4 Å². The zero-order valence-corrected chi connectivity index (χ0v) is 12.9. The van der Waals surface area contributed by atoms with Crippen LogP contribution in [0.5, 0.6) is 0 Å². The highest BCUT2D eigenvalue weighted by molar-refractivity contribution is 8.00. The number of aliphatic carboxylic acids is 1. The van der Waals surface area contributed by atoms with Gasteiger partial charge in [-0.1, -0.05) is 24.6 Å². The Hall–Kier alpha value is -1.20. The lowest BCUT2D eigenvalue weighted by molar-refractivity contribution is -0.141. The first-order valence-electron chi connectivity index (χ1n) is 6.39. The van der Waals surface area contributed by atoms with Gasteiger partial charge in [-0.05, 0) is 31.0 Å². The van der Waals surface area contributed by atoms with Crippen LogP contribution in [-0.2, 0) is 4.79 Å². The van der Waals surface area contributed by atoms with E-state index in [4.69, 9.17) is 11.6 Å². The van der Waals surface area contributed by atoms with Crippen molar-refractivity contribution < 1.29 is 14.7 Å². The Labute approximate surface area is 127 Å². The average Bonchev–Trinajstić information content (AvgIpc) is 2.81. The maximum atomic E-state index is 12.6. The number of thioether (sulfide) groups is 1. The largest absolute Gasteiger partial charge is 0.480 e. The van der Waals surface area contributed by atoms with Gasteiger partial charge < -0.3 is 10.0 Å². The molecule has 0 spiro atoms. The third-order valence-electron chi connectivity index (χ3n) is 3.32. The van der Waals surface area contributed by atoms with Crippen LogP contribution in [0.2, 0.25) is 5.02 Å². The molecule has 2 rings (SSSR count). The molecule has 1 aliphatic rings. The van der Waals surface area contributed by atoms with E-state index < -0.39 is 12.0 Å². The van der Waals surface area contributed by atoms with Gasteiger partial charge in [0.15, 0.2) is 0 Å². The molecule has 0 radical (unpaired) electrons. The summed E-state index contributed by atoms with van der Waals surface area (Å²) in [7, 11) is 0. The predicted molar refractivity (Wildman–Crippen MR) is 80.3 cm³/mol. The van der Waals surface area contributed by atoms with Crippen LogP contribution < -0.4 is 0 Å². The van der Waals surface area contributed by atoms with E-state index in [0.717, 1.165) is 5.56 Å². The van der Waals surface area contributed by atoms with Gasteiger partial charge in [0.2, 0.25) is 0 Å². The van der Waals surface area contributed by atoms with Crippen LogP contribution in [0.1, 0.15) is 29.3 Å². The molecular weight excluding hydrogens is 298 g/mol. The molecule has 1 heterocycles. The molecule has 2 atom stereocenters. The Morgan fingerprint density at radius 2 is 2.20 bits per heavy atom. The molecule has 0 aromatic heterocycles. The van der Waals surface area contributed by atoms with Crippen LogP contribution in [0.3, 0.4) is 0 Å². The van der Waals surface area contributed by atoms with Crippen LogP contribution in [-0.4, -0.2) is 39.1 Å². The fraction of sp³-hybridized carbons (Fsp3) is 0.429. The molecular formula is C14H16ClNO3S. The number of amides is 1. The summed E-state index contributed by atoms with van der Waals surface area (Å²) in [5.41, 5.74) is 1.33. The normalized spacial score (nSPS) is 22.1. The van der Waals surface area contributed by atoms with Crippen LogP contribution in [0.4, 0.5) is 0 Å². The summed E-state index contributed by atoms with van der Waals surface area (Å²) in [6, 6.07) is 4.40. The first-order valence-corrected chi connectivity index (χ1v) is 7.81. The molecule has 4 nitrogen and oxygen atoms in total. The smallest absolute Gasteiger partial charge is 0.327 e. The van der Waals surface area contributed by atoms with Crippen molar-refractivity contribution in [2.45, 2.75) is 31.7 Å². The van der Waals surface area contributed by atoms with E-state index in [0.29, 0.717) is 22.8 Å². The molecule has 0 bridgehead atoms. The number of carbonyl (C=O) groups is 2. The molecule has 1 aliphatic heterocycles. The molecule has 2 unspecified atom stereocenters. The summed E-state index contributed by atoms with van der Waals surface area (Å²) in [4.78, 5) is 25.4. The van der Waals surface area contributed by atoms with Crippen molar-refractivity contribution in [3.8, 4) is 0 Å². The summed E-state index contributed by atoms with van der Waals surface area (Å²) in [6.45, 7) is 3.83. The molecule has 1 saturated heterocycles. The molecule has 0 aliphatic carbocycles. The number of hydrogen-bond donors (Lipinski definition) is 1. The number of aryl methyl sites for hydroxylation is 1. The molecule has 1 amide bonds. The van der Waals surface area contributed by atoms with Gasteiger partial charge >= 0.3 is 5.97 Å². The van der Waals surface area contributed by atoms with Crippen LogP contribution in [0, 0.1) is 6.92 Å². The molecule has 108 valence electrons. The van der Waals surface area contributed by atoms with E-state index >= 15 is 0 Å². The molecule has 1 aromatic rings. The first-order chi connectivity index (χ1) is 9.45. The van der Waals surface area contributed by atoms with E-state index in [2.05, 4.69) is 0 Å². The van der Waals surface area contributed by atoms with Gasteiger partial charge in [0.05, 0.1) is 16.0 Å². The van der Waals surface area contributed by atoms with Crippen molar-refractivity contribution >= 4 is 35.2 Å². The lowest BCUT2D eigenvalue weighted by Crippen LogP contribution is -2.45.